The lowest BCUT2D eigenvalue weighted by Crippen LogP contribution is -2.16. The molecule has 1 N–H and O–H groups in total. The van der Waals surface area contributed by atoms with E-state index < -0.39 is 23.1 Å². The van der Waals surface area contributed by atoms with Gasteiger partial charge in [0.2, 0.25) is 0 Å². The van der Waals surface area contributed by atoms with E-state index in [1.165, 1.54) is 6.07 Å². The molecule has 19 heavy (non-hydrogen) atoms. The summed E-state index contributed by atoms with van der Waals surface area (Å²) < 4.78 is 26.9. The summed E-state index contributed by atoms with van der Waals surface area (Å²) in [4.78, 5) is 11.8. The monoisotopic (exact) mass is 281 g/mol. The molecule has 0 radical (unpaired) electrons. The van der Waals surface area contributed by atoms with Crippen molar-refractivity contribution in [2.75, 3.05) is 5.32 Å². The van der Waals surface area contributed by atoms with E-state index in [2.05, 4.69) is 5.32 Å². The zero-order valence-electron chi connectivity index (χ0n) is 10.0. The fraction of sp³-hybridized carbons (Fsp3) is 0.0714. The number of nitrogens with one attached hydrogen (secondary N) is 1. The number of benzene rings is 2. The first-order chi connectivity index (χ1) is 8.99. The summed E-state index contributed by atoms with van der Waals surface area (Å²) in [5.74, 6) is -2.71. The maximum absolute atomic E-state index is 13.4. The molecule has 98 valence electrons. The summed E-state index contributed by atoms with van der Waals surface area (Å²) in [5, 5.41) is 2.69. The van der Waals surface area contributed by atoms with Gasteiger partial charge in [-0.1, -0.05) is 23.7 Å². The van der Waals surface area contributed by atoms with Crippen LogP contribution in [0.4, 0.5) is 14.5 Å². The average Bonchev–Trinajstić information content (AvgIpc) is 2.32. The van der Waals surface area contributed by atoms with Crippen molar-refractivity contribution in [1.29, 1.82) is 0 Å². The molecule has 0 heterocycles. The number of aryl methyl sites for hydroxylation is 1. The molecular weight excluding hydrogens is 272 g/mol. The smallest absolute Gasteiger partial charge is 0.261 e. The van der Waals surface area contributed by atoms with Gasteiger partial charge in [0, 0.05) is 0 Å². The molecule has 0 atom stereocenters. The van der Waals surface area contributed by atoms with Crippen LogP contribution in [0.2, 0.25) is 5.02 Å². The van der Waals surface area contributed by atoms with Crippen molar-refractivity contribution < 1.29 is 13.6 Å². The number of anilines is 1. The van der Waals surface area contributed by atoms with Gasteiger partial charge in [-0.15, -0.1) is 0 Å². The van der Waals surface area contributed by atoms with E-state index in [0.29, 0.717) is 10.7 Å². The molecule has 2 nitrogen and oxygen atoms in total. The number of amides is 1. The molecule has 0 bridgehead atoms. The van der Waals surface area contributed by atoms with Crippen LogP contribution < -0.4 is 5.32 Å². The van der Waals surface area contributed by atoms with Gasteiger partial charge < -0.3 is 5.32 Å². The van der Waals surface area contributed by atoms with Crippen molar-refractivity contribution in [1.82, 2.24) is 0 Å². The number of carbonyl (C=O) groups is 1. The number of carbonyl (C=O) groups excluding carboxylic acids is 1. The fourth-order valence-electron chi connectivity index (χ4n) is 1.62. The van der Waals surface area contributed by atoms with Crippen LogP contribution >= 0.6 is 11.6 Å². The lowest BCUT2D eigenvalue weighted by atomic mass is 10.1. The molecule has 0 aliphatic heterocycles. The van der Waals surface area contributed by atoms with Gasteiger partial charge in [-0.25, -0.2) is 8.78 Å². The average molecular weight is 282 g/mol. The van der Waals surface area contributed by atoms with Crippen molar-refractivity contribution in [2.45, 2.75) is 6.92 Å². The first-order valence-corrected chi connectivity index (χ1v) is 5.88. The highest BCUT2D eigenvalue weighted by Crippen LogP contribution is 2.24. The molecule has 0 unspecified atom stereocenters. The van der Waals surface area contributed by atoms with Crippen LogP contribution in [0.3, 0.4) is 0 Å². The molecule has 0 aliphatic carbocycles. The van der Waals surface area contributed by atoms with Gasteiger partial charge in [0.25, 0.3) is 5.91 Å². The number of halogens is 3. The van der Waals surface area contributed by atoms with Crippen LogP contribution in [0, 0.1) is 18.6 Å². The van der Waals surface area contributed by atoms with Crippen molar-refractivity contribution >= 4 is 23.2 Å². The zero-order valence-corrected chi connectivity index (χ0v) is 10.8. The standard InChI is InChI=1S/C14H10ClF2NO/c1-8-5-6-12(9(15)7-8)18-14(19)13-10(16)3-2-4-11(13)17/h2-7H,1H3,(H,18,19). The highest BCUT2D eigenvalue weighted by molar-refractivity contribution is 6.34. The predicted molar refractivity (Wildman–Crippen MR) is 70.5 cm³/mol. The zero-order chi connectivity index (χ0) is 14.0. The maximum Gasteiger partial charge on any atom is 0.261 e. The summed E-state index contributed by atoms with van der Waals surface area (Å²) in [5.41, 5.74) is 0.596. The molecule has 0 saturated carbocycles. The molecule has 5 heteroatoms. The Kier molecular flexibility index (Phi) is 3.81. The fourth-order valence-corrected chi connectivity index (χ4v) is 1.90. The van der Waals surface area contributed by atoms with Crippen molar-refractivity contribution in [3.8, 4) is 0 Å². The Hall–Kier alpha value is -1.94. The minimum atomic E-state index is -0.916. The predicted octanol–water partition coefficient (Wildman–Crippen LogP) is 4.18. The van der Waals surface area contributed by atoms with Crippen LogP contribution in [-0.4, -0.2) is 5.91 Å². The highest BCUT2D eigenvalue weighted by Gasteiger charge is 2.17. The molecule has 0 saturated heterocycles. The van der Waals surface area contributed by atoms with Crippen LogP contribution in [0.1, 0.15) is 15.9 Å². The van der Waals surface area contributed by atoms with Crippen LogP contribution in [0.5, 0.6) is 0 Å². The highest BCUT2D eigenvalue weighted by atomic mass is 35.5. The number of hydrogen-bond donors (Lipinski definition) is 1. The van der Waals surface area contributed by atoms with Gasteiger partial charge >= 0.3 is 0 Å². The molecule has 2 rings (SSSR count). The lowest BCUT2D eigenvalue weighted by Gasteiger charge is -2.09. The Bertz CT molecular complexity index is 623. The number of hydrogen-bond acceptors (Lipinski definition) is 1. The molecule has 0 fully saturated rings. The number of rotatable bonds is 2. The minimum Gasteiger partial charge on any atom is -0.320 e. The van der Waals surface area contributed by atoms with Crippen LogP contribution in [0.25, 0.3) is 0 Å². The Labute approximate surface area is 114 Å². The summed E-state index contributed by atoms with van der Waals surface area (Å²) in [6, 6.07) is 8.20. The quantitative estimate of drug-likeness (QED) is 0.879. The van der Waals surface area contributed by atoms with Gasteiger partial charge in [-0.05, 0) is 36.8 Å². The molecule has 2 aromatic rings. The second-order valence-corrected chi connectivity index (χ2v) is 4.44. The van der Waals surface area contributed by atoms with E-state index in [4.69, 9.17) is 11.6 Å². The third kappa shape index (κ3) is 2.90. The summed E-state index contributed by atoms with van der Waals surface area (Å²) in [7, 11) is 0. The lowest BCUT2D eigenvalue weighted by molar-refractivity contribution is 0.101. The molecule has 2 aromatic carbocycles. The van der Waals surface area contributed by atoms with E-state index in [9.17, 15) is 13.6 Å². The SMILES string of the molecule is Cc1ccc(NC(=O)c2c(F)cccc2F)c(Cl)c1. The minimum absolute atomic E-state index is 0.305. The van der Waals surface area contributed by atoms with E-state index in [1.54, 1.807) is 18.2 Å². The first kappa shape index (κ1) is 13.5. The maximum atomic E-state index is 13.4. The second-order valence-electron chi connectivity index (χ2n) is 4.03. The summed E-state index contributed by atoms with van der Waals surface area (Å²) in [6.07, 6.45) is 0. The second kappa shape index (κ2) is 5.36. The van der Waals surface area contributed by atoms with E-state index >= 15 is 0 Å². The van der Waals surface area contributed by atoms with E-state index in [1.807, 2.05) is 6.92 Å². The van der Waals surface area contributed by atoms with Gasteiger partial charge in [0.1, 0.15) is 17.2 Å². The van der Waals surface area contributed by atoms with E-state index in [0.717, 1.165) is 17.7 Å². The third-order valence-corrected chi connectivity index (χ3v) is 2.88. The van der Waals surface area contributed by atoms with Crippen molar-refractivity contribution in [2.24, 2.45) is 0 Å². The summed E-state index contributed by atoms with van der Waals surface area (Å²) in [6.45, 7) is 1.84. The third-order valence-electron chi connectivity index (χ3n) is 2.56. The Balaban J connectivity index is 2.31. The Morgan fingerprint density at radius 3 is 2.37 bits per heavy atom. The molecule has 0 aliphatic rings. The largest absolute Gasteiger partial charge is 0.320 e. The molecule has 1 amide bonds. The normalized spacial score (nSPS) is 10.3. The Morgan fingerprint density at radius 1 is 1.16 bits per heavy atom. The van der Waals surface area contributed by atoms with Crippen LogP contribution in [-0.2, 0) is 0 Å². The molecule has 0 spiro atoms. The van der Waals surface area contributed by atoms with Gasteiger partial charge in [-0.2, -0.15) is 0 Å². The molecule has 0 aromatic heterocycles. The van der Waals surface area contributed by atoms with Gasteiger partial charge in [0.15, 0.2) is 0 Å². The Morgan fingerprint density at radius 2 is 1.79 bits per heavy atom. The van der Waals surface area contributed by atoms with E-state index in [-0.39, 0.29) is 0 Å². The van der Waals surface area contributed by atoms with Gasteiger partial charge in [0.05, 0.1) is 10.7 Å². The first-order valence-electron chi connectivity index (χ1n) is 5.50. The summed E-state index contributed by atoms with van der Waals surface area (Å²) >= 11 is 5.94. The van der Waals surface area contributed by atoms with Crippen LogP contribution in [0.15, 0.2) is 36.4 Å². The topological polar surface area (TPSA) is 29.1 Å². The van der Waals surface area contributed by atoms with Crippen molar-refractivity contribution in [3.63, 3.8) is 0 Å². The molecular formula is C14H10ClF2NO. The van der Waals surface area contributed by atoms with Crippen molar-refractivity contribution in [3.05, 3.63) is 64.2 Å². The van der Waals surface area contributed by atoms with Gasteiger partial charge in [-0.3, -0.25) is 4.79 Å².